The van der Waals surface area contributed by atoms with Gasteiger partial charge in [-0.2, -0.15) is 0 Å². The zero-order valence-electron chi connectivity index (χ0n) is 12.1. The van der Waals surface area contributed by atoms with Crippen LogP contribution in [0.4, 0.5) is 0 Å². The van der Waals surface area contributed by atoms with Gasteiger partial charge in [-0.05, 0) is 25.8 Å². The quantitative estimate of drug-likeness (QED) is 0.558. The van der Waals surface area contributed by atoms with Crippen LogP contribution in [0.1, 0.15) is 60.3 Å². The summed E-state index contributed by atoms with van der Waals surface area (Å²) in [4.78, 5) is 0. The molecule has 0 unspecified atom stereocenters. The van der Waals surface area contributed by atoms with E-state index in [0.717, 1.165) is 26.1 Å². The molecule has 0 saturated heterocycles. The summed E-state index contributed by atoms with van der Waals surface area (Å²) in [6, 6.07) is 0. The van der Waals surface area contributed by atoms with E-state index in [9.17, 15) is 0 Å². The lowest BCUT2D eigenvalue weighted by atomic mass is 10.1. The first-order chi connectivity index (χ1) is 7.43. The van der Waals surface area contributed by atoms with E-state index in [4.69, 9.17) is 8.85 Å². The van der Waals surface area contributed by atoms with Crippen LogP contribution < -0.4 is 0 Å². The summed E-state index contributed by atoms with van der Waals surface area (Å²) < 4.78 is 12.2. The van der Waals surface area contributed by atoms with Crippen molar-refractivity contribution in [3.8, 4) is 0 Å². The van der Waals surface area contributed by atoms with Crippen LogP contribution in [0, 0.1) is 0 Å². The van der Waals surface area contributed by atoms with Gasteiger partial charge in [-0.25, -0.2) is 0 Å². The third-order valence-corrected chi connectivity index (χ3v) is 7.49. The Kier molecular flexibility index (Phi) is 7.52. The second-order valence-corrected chi connectivity index (χ2v) is 9.10. The maximum absolute atomic E-state index is 6.11. The fourth-order valence-electron chi connectivity index (χ4n) is 1.88. The highest BCUT2D eigenvalue weighted by molar-refractivity contribution is 6.69. The van der Waals surface area contributed by atoms with Gasteiger partial charge in [-0.15, -0.1) is 0 Å². The third kappa shape index (κ3) is 4.56. The lowest BCUT2D eigenvalue weighted by molar-refractivity contribution is 0.147. The van der Waals surface area contributed by atoms with Crippen molar-refractivity contribution >= 4 is 8.56 Å². The van der Waals surface area contributed by atoms with E-state index in [1.54, 1.807) is 0 Å². The Morgan fingerprint density at radius 1 is 0.875 bits per heavy atom. The second-order valence-electron chi connectivity index (χ2n) is 5.28. The van der Waals surface area contributed by atoms with Gasteiger partial charge in [0, 0.05) is 18.3 Å². The van der Waals surface area contributed by atoms with Gasteiger partial charge >= 0.3 is 8.56 Å². The molecule has 3 heteroatoms. The van der Waals surface area contributed by atoms with Crippen LogP contribution in [0.3, 0.4) is 0 Å². The van der Waals surface area contributed by atoms with Crippen LogP contribution in [-0.4, -0.2) is 21.8 Å². The average molecular weight is 246 g/mol. The molecule has 0 aliphatic carbocycles. The molecular weight excluding hydrogens is 216 g/mol. The molecule has 98 valence electrons. The van der Waals surface area contributed by atoms with Crippen LogP contribution in [0.5, 0.6) is 0 Å². The Labute approximate surface area is 103 Å². The van der Waals surface area contributed by atoms with Gasteiger partial charge in [0.1, 0.15) is 0 Å². The lowest BCUT2D eigenvalue weighted by Gasteiger charge is -2.40. The topological polar surface area (TPSA) is 18.5 Å². The van der Waals surface area contributed by atoms with Gasteiger partial charge in [0.05, 0.1) is 0 Å². The predicted octanol–water partition coefficient (Wildman–Crippen LogP) is 4.49. The molecule has 0 spiro atoms. The van der Waals surface area contributed by atoms with Gasteiger partial charge in [-0.3, -0.25) is 0 Å². The fraction of sp³-hybridized carbons (Fsp3) is 1.00. The molecule has 16 heavy (non-hydrogen) atoms. The molecule has 0 radical (unpaired) electrons. The van der Waals surface area contributed by atoms with Crippen LogP contribution >= 0.6 is 0 Å². The predicted molar refractivity (Wildman–Crippen MR) is 73.1 cm³/mol. The highest BCUT2D eigenvalue weighted by Gasteiger charge is 2.46. The van der Waals surface area contributed by atoms with Crippen molar-refractivity contribution in [2.75, 3.05) is 13.2 Å². The molecule has 0 aromatic heterocycles. The van der Waals surface area contributed by atoms with Crippen LogP contribution in [-0.2, 0) is 8.85 Å². The smallest absolute Gasteiger partial charge is 0.340 e. The normalized spacial score (nSPS) is 13.1. The van der Waals surface area contributed by atoms with Crippen molar-refractivity contribution in [2.45, 2.75) is 71.9 Å². The van der Waals surface area contributed by atoms with Crippen molar-refractivity contribution in [3.05, 3.63) is 0 Å². The van der Waals surface area contributed by atoms with Crippen LogP contribution in [0.25, 0.3) is 0 Å². The van der Waals surface area contributed by atoms with Gasteiger partial charge in [0.2, 0.25) is 0 Å². The van der Waals surface area contributed by atoms with E-state index in [2.05, 4.69) is 41.2 Å². The van der Waals surface area contributed by atoms with E-state index in [1.165, 1.54) is 12.8 Å². The largest absolute Gasteiger partial charge is 0.394 e. The summed E-state index contributed by atoms with van der Waals surface area (Å²) in [7, 11) is -2.04. The Hall–Kier alpha value is 0.137. The molecule has 0 atom stereocenters. The Bertz CT molecular complexity index is 173. The number of hydrogen-bond donors (Lipinski definition) is 0. The van der Waals surface area contributed by atoms with Crippen molar-refractivity contribution in [1.29, 1.82) is 0 Å². The third-order valence-electron chi connectivity index (χ3n) is 3.27. The van der Waals surface area contributed by atoms with E-state index in [0.29, 0.717) is 0 Å². The summed E-state index contributed by atoms with van der Waals surface area (Å²) in [6.45, 7) is 15.0. The first-order valence-corrected chi connectivity index (χ1v) is 9.03. The molecule has 0 N–H and O–H groups in total. The molecule has 0 amide bonds. The van der Waals surface area contributed by atoms with E-state index < -0.39 is 8.56 Å². The SMILES string of the molecule is CCCO[Si](C)(OCCC)C(C)(C)CCC. The highest BCUT2D eigenvalue weighted by Crippen LogP contribution is 2.42. The minimum atomic E-state index is -2.04. The highest BCUT2D eigenvalue weighted by atomic mass is 28.4. The molecule has 0 heterocycles. The first kappa shape index (κ1) is 16.1. The molecule has 0 aromatic carbocycles. The Morgan fingerprint density at radius 2 is 1.31 bits per heavy atom. The molecule has 0 bridgehead atoms. The molecule has 2 nitrogen and oxygen atoms in total. The van der Waals surface area contributed by atoms with Gasteiger partial charge in [0.15, 0.2) is 0 Å². The van der Waals surface area contributed by atoms with Crippen molar-refractivity contribution in [2.24, 2.45) is 0 Å². The van der Waals surface area contributed by atoms with Crippen LogP contribution in [0.2, 0.25) is 11.6 Å². The average Bonchev–Trinajstić information content (AvgIpc) is 2.23. The van der Waals surface area contributed by atoms with Gasteiger partial charge < -0.3 is 8.85 Å². The summed E-state index contributed by atoms with van der Waals surface area (Å²) in [5, 5.41) is 0.200. The Balaban J connectivity index is 4.60. The van der Waals surface area contributed by atoms with Crippen molar-refractivity contribution in [3.63, 3.8) is 0 Å². The van der Waals surface area contributed by atoms with Crippen molar-refractivity contribution in [1.82, 2.24) is 0 Å². The molecule has 0 aliphatic heterocycles. The summed E-state index contributed by atoms with van der Waals surface area (Å²) in [5.41, 5.74) is 0. The minimum absolute atomic E-state index is 0.200. The number of hydrogen-bond acceptors (Lipinski definition) is 2. The molecule has 0 saturated carbocycles. The Morgan fingerprint density at radius 3 is 1.62 bits per heavy atom. The zero-order valence-corrected chi connectivity index (χ0v) is 13.1. The van der Waals surface area contributed by atoms with Gasteiger partial charge in [0.25, 0.3) is 0 Å². The summed E-state index contributed by atoms with van der Waals surface area (Å²) in [6.07, 6.45) is 4.52. The van der Waals surface area contributed by atoms with E-state index >= 15 is 0 Å². The first-order valence-electron chi connectivity index (χ1n) is 6.71. The van der Waals surface area contributed by atoms with Crippen LogP contribution in [0.15, 0.2) is 0 Å². The monoisotopic (exact) mass is 246 g/mol. The summed E-state index contributed by atoms with van der Waals surface area (Å²) in [5.74, 6) is 0. The number of rotatable bonds is 9. The second kappa shape index (κ2) is 7.46. The van der Waals surface area contributed by atoms with Gasteiger partial charge in [-0.1, -0.05) is 41.0 Å². The molecule has 0 fully saturated rings. The molecule has 0 aromatic rings. The molecule has 0 rings (SSSR count). The maximum Gasteiger partial charge on any atom is 0.340 e. The molecule has 0 aliphatic rings. The molecular formula is C13H30O2Si. The minimum Gasteiger partial charge on any atom is -0.394 e. The standard InChI is InChI=1S/C13H30O2Si/c1-7-10-13(4,5)16(6,14-11-8-2)15-12-9-3/h7-12H2,1-6H3. The summed E-state index contributed by atoms with van der Waals surface area (Å²) >= 11 is 0. The lowest BCUT2D eigenvalue weighted by Crippen LogP contribution is -2.49. The maximum atomic E-state index is 6.11. The zero-order chi connectivity index (χ0) is 12.7. The fourth-order valence-corrected chi connectivity index (χ4v) is 4.63. The van der Waals surface area contributed by atoms with E-state index in [-0.39, 0.29) is 5.04 Å². The van der Waals surface area contributed by atoms with E-state index in [1.807, 2.05) is 0 Å². The van der Waals surface area contributed by atoms with Crippen molar-refractivity contribution < 1.29 is 8.85 Å².